The predicted octanol–water partition coefficient (Wildman–Crippen LogP) is -1.75. The minimum Gasteiger partial charge on any atom is -0.344 e. The van der Waals surface area contributed by atoms with E-state index in [0.29, 0.717) is 13.1 Å². The van der Waals surface area contributed by atoms with Gasteiger partial charge in [-0.3, -0.25) is 0 Å². The van der Waals surface area contributed by atoms with Gasteiger partial charge in [0.25, 0.3) is 0 Å². The van der Waals surface area contributed by atoms with Crippen LogP contribution in [0.1, 0.15) is 0 Å². The Morgan fingerprint density at radius 2 is 1.09 bits per heavy atom. The Bertz CT molecular complexity index is 50.9. The summed E-state index contributed by atoms with van der Waals surface area (Å²) < 4.78 is 0. The molecule has 0 saturated carbocycles. The largest absolute Gasteiger partial charge is 0.344 e. The number of nitrogens with one attached hydrogen (secondary N) is 2. The Morgan fingerprint density at radius 1 is 0.727 bits per heavy atom. The molecule has 0 aromatic rings. The van der Waals surface area contributed by atoms with Crippen LogP contribution in [0, 0.1) is 0 Å². The molecule has 0 rings (SSSR count). The lowest BCUT2D eigenvalue weighted by Crippen LogP contribution is -2.32. The average molecular weight is 163 g/mol. The maximum Gasteiger partial charge on any atom is 0.00772 e. The van der Waals surface area contributed by atoms with Gasteiger partial charge in [0.1, 0.15) is 0 Å². The fourth-order valence-corrected chi connectivity index (χ4v) is 0.631. The summed E-state index contributed by atoms with van der Waals surface area (Å²) in [5.41, 5.74) is 10.5. The van der Waals surface area contributed by atoms with E-state index in [-0.39, 0.29) is 6.15 Å². The summed E-state index contributed by atoms with van der Waals surface area (Å²) in [4.78, 5) is 0. The van der Waals surface area contributed by atoms with Crippen LogP contribution >= 0.6 is 0 Å². The van der Waals surface area contributed by atoms with Crippen molar-refractivity contribution in [2.45, 2.75) is 0 Å². The van der Waals surface area contributed by atoms with Crippen LogP contribution in [0.2, 0.25) is 0 Å². The molecular formula is C6H21N5. The Kier molecular flexibility index (Phi) is 15.2. The number of nitrogens with two attached hydrogens (primary N) is 2. The predicted molar refractivity (Wildman–Crippen MR) is 48.9 cm³/mol. The molecule has 0 aliphatic rings. The molecule has 70 valence electrons. The summed E-state index contributed by atoms with van der Waals surface area (Å²) >= 11 is 0. The highest BCUT2D eigenvalue weighted by Gasteiger charge is 1.83. The van der Waals surface area contributed by atoms with Gasteiger partial charge in [0, 0.05) is 39.3 Å². The van der Waals surface area contributed by atoms with Crippen LogP contribution in [-0.4, -0.2) is 39.3 Å². The molecule has 5 nitrogen and oxygen atoms in total. The van der Waals surface area contributed by atoms with E-state index in [1.807, 2.05) is 0 Å². The second-order valence-electron chi connectivity index (χ2n) is 2.08. The Morgan fingerprint density at radius 3 is 1.36 bits per heavy atom. The van der Waals surface area contributed by atoms with Crippen LogP contribution in [0.25, 0.3) is 0 Å². The van der Waals surface area contributed by atoms with E-state index in [1.54, 1.807) is 0 Å². The first kappa shape index (κ1) is 13.4. The quantitative estimate of drug-likeness (QED) is 0.286. The van der Waals surface area contributed by atoms with Crippen molar-refractivity contribution < 1.29 is 0 Å². The number of rotatable bonds is 7. The monoisotopic (exact) mass is 163 g/mol. The van der Waals surface area contributed by atoms with Gasteiger partial charge in [-0.2, -0.15) is 0 Å². The van der Waals surface area contributed by atoms with Gasteiger partial charge in [-0.1, -0.05) is 0 Å². The molecule has 0 bridgehead atoms. The summed E-state index contributed by atoms with van der Waals surface area (Å²) in [5, 5.41) is 6.33. The van der Waals surface area contributed by atoms with Crippen molar-refractivity contribution in [3.63, 3.8) is 0 Å². The second kappa shape index (κ2) is 12.5. The molecule has 0 radical (unpaired) electrons. The first-order valence-electron chi connectivity index (χ1n) is 3.73. The highest BCUT2D eigenvalue weighted by molar-refractivity contribution is 4.51. The fraction of sp³-hybridized carbons (Fsp3) is 1.00. The molecule has 0 atom stereocenters. The van der Waals surface area contributed by atoms with Gasteiger partial charge in [-0.15, -0.1) is 0 Å². The Hall–Kier alpha value is -0.200. The van der Waals surface area contributed by atoms with E-state index < -0.39 is 0 Å². The molecule has 0 aromatic heterocycles. The van der Waals surface area contributed by atoms with Crippen LogP contribution in [0.4, 0.5) is 0 Å². The van der Waals surface area contributed by atoms with Crippen molar-refractivity contribution in [3.8, 4) is 0 Å². The summed E-state index contributed by atoms with van der Waals surface area (Å²) in [6.45, 7) is 5.14. The third-order valence-electron chi connectivity index (χ3n) is 1.12. The molecule has 0 heterocycles. The van der Waals surface area contributed by atoms with E-state index in [4.69, 9.17) is 11.5 Å². The maximum atomic E-state index is 5.27. The summed E-state index contributed by atoms with van der Waals surface area (Å²) in [6.07, 6.45) is 0. The van der Waals surface area contributed by atoms with Crippen LogP contribution in [0.3, 0.4) is 0 Å². The second-order valence-corrected chi connectivity index (χ2v) is 2.08. The third-order valence-corrected chi connectivity index (χ3v) is 1.12. The topological polar surface area (TPSA) is 111 Å². The molecule has 0 fully saturated rings. The lowest BCUT2D eigenvalue weighted by molar-refractivity contribution is 0.618. The zero-order valence-electron chi connectivity index (χ0n) is 7.10. The third kappa shape index (κ3) is 12.9. The van der Waals surface area contributed by atoms with E-state index in [0.717, 1.165) is 26.2 Å². The summed E-state index contributed by atoms with van der Waals surface area (Å²) in [6, 6.07) is 0. The minimum atomic E-state index is 0. The van der Waals surface area contributed by atoms with Crippen LogP contribution < -0.4 is 28.3 Å². The summed E-state index contributed by atoms with van der Waals surface area (Å²) in [5.74, 6) is 0. The van der Waals surface area contributed by atoms with Gasteiger partial charge < -0.3 is 28.3 Å². The molecule has 0 saturated heterocycles. The molecule has 11 heavy (non-hydrogen) atoms. The molecule has 9 N–H and O–H groups in total. The molecule has 0 unspecified atom stereocenters. The van der Waals surface area contributed by atoms with E-state index in [9.17, 15) is 0 Å². The standard InChI is InChI=1S/C6H18N4.H3N/c7-1-3-9-5-6-10-4-2-8;/h9-10H,1-8H2;1H3. The number of hydrogen-bond donors (Lipinski definition) is 5. The molecule has 0 aliphatic heterocycles. The van der Waals surface area contributed by atoms with E-state index in [1.165, 1.54) is 0 Å². The normalized spacial score (nSPS) is 9.27. The highest BCUT2D eigenvalue weighted by atomic mass is 14.9. The van der Waals surface area contributed by atoms with Gasteiger partial charge >= 0.3 is 0 Å². The van der Waals surface area contributed by atoms with Gasteiger partial charge in [0.15, 0.2) is 0 Å². The van der Waals surface area contributed by atoms with Crippen molar-refractivity contribution in [2.24, 2.45) is 11.5 Å². The van der Waals surface area contributed by atoms with Crippen LogP contribution in [0.15, 0.2) is 0 Å². The van der Waals surface area contributed by atoms with Gasteiger partial charge in [0.05, 0.1) is 0 Å². The summed E-state index contributed by atoms with van der Waals surface area (Å²) in [7, 11) is 0. The SMILES string of the molecule is N.NCCNCCNCCN. The van der Waals surface area contributed by atoms with E-state index >= 15 is 0 Å². The maximum absolute atomic E-state index is 5.27. The van der Waals surface area contributed by atoms with Crippen molar-refractivity contribution in [2.75, 3.05) is 39.3 Å². The van der Waals surface area contributed by atoms with Crippen molar-refractivity contribution in [1.29, 1.82) is 0 Å². The molecule has 0 amide bonds. The first-order valence-corrected chi connectivity index (χ1v) is 3.73. The Labute approximate surface area is 68.5 Å². The van der Waals surface area contributed by atoms with Gasteiger partial charge in [-0.05, 0) is 0 Å². The first-order chi connectivity index (χ1) is 4.91. The minimum absolute atomic E-state index is 0. The van der Waals surface area contributed by atoms with E-state index in [2.05, 4.69) is 10.6 Å². The zero-order valence-corrected chi connectivity index (χ0v) is 7.10. The number of hydrogen-bond acceptors (Lipinski definition) is 5. The van der Waals surface area contributed by atoms with Crippen molar-refractivity contribution in [1.82, 2.24) is 16.8 Å². The molecular weight excluding hydrogens is 142 g/mol. The van der Waals surface area contributed by atoms with Gasteiger partial charge in [0.2, 0.25) is 0 Å². The molecule has 0 aromatic carbocycles. The van der Waals surface area contributed by atoms with Crippen molar-refractivity contribution >= 4 is 0 Å². The highest BCUT2D eigenvalue weighted by Crippen LogP contribution is 1.57. The fourth-order valence-electron chi connectivity index (χ4n) is 0.631. The lowest BCUT2D eigenvalue weighted by atomic mass is 10.5. The molecule has 0 spiro atoms. The average Bonchev–Trinajstić information content (AvgIpc) is 1.97. The van der Waals surface area contributed by atoms with Crippen molar-refractivity contribution in [3.05, 3.63) is 0 Å². The smallest absolute Gasteiger partial charge is 0.00772 e. The van der Waals surface area contributed by atoms with Crippen LogP contribution in [-0.2, 0) is 0 Å². The Balaban J connectivity index is 0. The molecule has 5 heteroatoms. The molecule has 0 aliphatic carbocycles. The zero-order chi connectivity index (χ0) is 7.66. The van der Waals surface area contributed by atoms with Crippen LogP contribution in [0.5, 0.6) is 0 Å². The lowest BCUT2D eigenvalue weighted by Gasteiger charge is -2.03. The van der Waals surface area contributed by atoms with Gasteiger partial charge in [-0.25, -0.2) is 0 Å².